The van der Waals surface area contributed by atoms with Crippen molar-refractivity contribution in [3.05, 3.63) is 0 Å². The van der Waals surface area contributed by atoms with Gasteiger partial charge in [0.25, 0.3) is 0 Å². The molecule has 14 heavy (non-hydrogen) atoms. The molecule has 0 aliphatic carbocycles. The summed E-state index contributed by atoms with van der Waals surface area (Å²) < 4.78 is 0.382. The molecule has 0 amide bonds. The summed E-state index contributed by atoms with van der Waals surface area (Å²) in [7, 11) is 0. The van der Waals surface area contributed by atoms with Crippen molar-refractivity contribution in [1.29, 1.82) is 0 Å². The minimum Gasteiger partial charge on any atom is 0 e. The van der Waals surface area contributed by atoms with Crippen LogP contribution in [0.4, 0.5) is 0 Å². The zero-order chi connectivity index (χ0) is 10.9. The topological polar surface area (TPSA) is 34.1 Å². The number of hydrogen-bond acceptors (Lipinski definition) is 2. The van der Waals surface area contributed by atoms with Gasteiger partial charge in [0.1, 0.15) is 0 Å². The normalized spacial score (nSPS) is 11.6. The summed E-state index contributed by atoms with van der Waals surface area (Å²) in [5.74, 6) is 0. The second-order valence-corrected chi connectivity index (χ2v) is 8.13. The predicted molar refractivity (Wildman–Crippen MR) is 48.9 cm³/mol. The van der Waals surface area contributed by atoms with E-state index in [1.165, 1.54) is 0 Å². The maximum atomic E-state index is 11.6. The second-order valence-electron chi connectivity index (χ2n) is 5.28. The van der Waals surface area contributed by atoms with Crippen molar-refractivity contribution in [2.75, 3.05) is 0 Å². The summed E-state index contributed by atoms with van der Waals surface area (Å²) in [6, 6.07) is 0. The molecule has 0 aliphatic rings. The van der Waals surface area contributed by atoms with E-state index in [0.717, 1.165) is 0 Å². The van der Waals surface area contributed by atoms with Crippen molar-refractivity contribution in [3.8, 4) is 0 Å². The van der Waals surface area contributed by atoms with Crippen LogP contribution in [0, 0.1) is 10.8 Å². The number of carbonyl (C=O) groups is 2. The minimum absolute atomic E-state index is 0. The Morgan fingerprint density at radius 3 is 1.14 bits per heavy atom. The maximum absolute atomic E-state index is 11.6. The molecule has 0 unspecified atom stereocenters. The van der Waals surface area contributed by atoms with Crippen molar-refractivity contribution in [2.24, 2.45) is 10.8 Å². The molecule has 0 rings (SSSR count). The second kappa shape index (κ2) is 5.99. The molecule has 0 fully saturated rings. The van der Waals surface area contributed by atoms with Gasteiger partial charge in [0.05, 0.1) is 0 Å². The van der Waals surface area contributed by atoms with Crippen LogP contribution in [0.25, 0.3) is 0 Å². The monoisotopic (exact) mass is 350 g/mol. The molecular weight excluding hydrogens is 335 g/mol. The van der Waals surface area contributed by atoms with Gasteiger partial charge in [-0.25, -0.2) is 0 Å². The van der Waals surface area contributed by atoms with E-state index in [4.69, 9.17) is 0 Å². The van der Waals surface area contributed by atoms with Gasteiger partial charge in [0.2, 0.25) is 0 Å². The average Bonchev–Trinajstić information content (AvgIpc) is 1.82. The number of hydrogen-bond donors (Lipinski definition) is 0. The molecule has 4 heteroatoms. The van der Waals surface area contributed by atoms with E-state index in [-0.39, 0.29) is 44.0 Å². The average molecular weight is 353 g/mol. The van der Waals surface area contributed by atoms with E-state index >= 15 is 0 Å². The van der Waals surface area contributed by atoms with Gasteiger partial charge in [0, 0.05) is 26.2 Å². The van der Waals surface area contributed by atoms with Crippen molar-refractivity contribution < 1.29 is 59.0 Å². The zero-order valence-electron chi connectivity index (χ0n) is 9.82. The maximum Gasteiger partial charge on any atom is 0 e. The van der Waals surface area contributed by atoms with Crippen molar-refractivity contribution in [1.82, 2.24) is 0 Å². The third-order valence-corrected chi connectivity index (χ3v) is 6.39. The fourth-order valence-electron chi connectivity index (χ4n) is 0.478. The Bertz CT molecular complexity index is 197. The Labute approximate surface area is 117 Å². The molecular formula is C10H18O2Zr2. The fraction of sp³-hybridized carbons (Fsp3) is 0.800. The summed E-state index contributed by atoms with van der Waals surface area (Å²) in [4.78, 5) is 23.2. The van der Waals surface area contributed by atoms with Gasteiger partial charge in [-0.2, -0.15) is 0 Å². The van der Waals surface area contributed by atoms with Gasteiger partial charge >= 0.3 is 92.2 Å². The van der Waals surface area contributed by atoms with E-state index in [9.17, 15) is 9.59 Å². The molecule has 2 nitrogen and oxygen atoms in total. The zero-order valence-corrected chi connectivity index (χ0v) is 14.7. The summed E-state index contributed by atoms with van der Waals surface area (Å²) >= 11 is -1.51. The Morgan fingerprint density at radius 1 is 0.786 bits per heavy atom. The van der Waals surface area contributed by atoms with Crippen molar-refractivity contribution >= 4 is 6.98 Å². The summed E-state index contributed by atoms with van der Waals surface area (Å²) in [5.41, 5.74) is -0.653. The molecule has 0 bridgehead atoms. The quantitative estimate of drug-likeness (QED) is 0.763. The first-order valence-corrected chi connectivity index (χ1v) is 6.87. The molecule has 0 atom stereocenters. The van der Waals surface area contributed by atoms with E-state index < -0.39 is 23.2 Å². The van der Waals surface area contributed by atoms with E-state index in [1.807, 2.05) is 41.5 Å². The summed E-state index contributed by atoms with van der Waals surface area (Å²) in [6.07, 6.45) is 0. The first-order valence-electron chi connectivity index (χ1n) is 4.41. The smallest absolute Gasteiger partial charge is 0 e. The summed E-state index contributed by atoms with van der Waals surface area (Å²) in [5, 5.41) is 0. The molecule has 0 heterocycles. The summed E-state index contributed by atoms with van der Waals surface area (Å²) in [6.45, 7) is 11.3. The van der Waals surface area contributed by atoms with Gasteiger partial charge in [-0.3, -0.25) is 0 Å². The fourth-order valence-corrected chi connectivity index (χ4v) is 2.83. The Balaban J connectivity index is 0. The molecule has 0 aromatic rings. The molecule has 0 saturated carbocycles. The largest absolute Gasteiger partial charge is 0 e. The van der Waals surface area contributed by atoms with Crippen LogP contribution in [-0.4, -0.2) is 6.98 Å². The van der Waals surface area contributed by atoms with Crippen molar-refractivity contribution in [3.63, 3.8) is 0 Å². The number of rotatable bonds is 2. The standard InChI is InChI=1S/2C5H9O.2Zr/c2*1-5(2,3)4-6;;/h2*1-3H3;;. The molecule has 0 aromatic heterocycles. The van der Waals surface area contributed by atoms with Crippen LogP contribution >= 0.6 is 0 Å². The van der Waals surface area contributed by atoms with Crippen molar-refractivity contribution in [2.45, 2.75) is 41.5 Å². The van der Waals surface area contributed by atoms with Gasteiger partial charge in [0.15, 0.2) is 0 Å². The Hall–Kier alpha value is 1.11. The molecule has 0 radical (unpaired) electrons. The Kier molecular flexibility index (Phi) is 7.49. The van der Waals surface area contributed by atoms with E-state index in [0.29, 0.717) is 0 Å². The van der Waals surface area contributed by atoms with Crippen LogP contribution in [-0.2, 0) is 59.0 Å². The van der Waals surface area contributed by atoms with Crippen LogP contribution < -0.4 is 0 Å². The van der Waals surface area contributed by atoms with E-state index in [1.54, 1.807) is 0 Å². The molecule has 78 valence electrons. The third-order valence-electron chi connectivity index (χ3n) is 1.59. The molecule has 0 aromatic carbocycles. The number of carbonyl (C=O) groups excluding carboxylic acids is 2. The van der Waals surface area contributed by atoms with Crippen LogP contribution in [0.15, 0.2) is 0 Å². The third kappa shape index (κ3) is 6.56. The van der Waals surface area contributed by atoms with Gasteiger partial charge < -0.3 is 0 Å². The van der Waals surface area contributed by atoms with Crippen LogP contribution in [0.2, 0.25) is 0 Å². The van der Waals surface area contributed by atoms with E-state index in [2.05, 4.69) is 0 Å². The molecule has 0 aliphatic heterocycles. The molecule has 0 saturated heterocycles. The first kappa shape index (κ1) is 17.5. The van der Waals surface area contributed by atoms with Crippen LogP contribution in [0.5, 0.6) is 0 Å². The first-order chi connectivity index (χ1) is 5.55. The Morgan fingerprint density at radius 2 is 1.00 bits per heavy atom. The van der Waals surface area contributed by atoms with Crippen LogP contribution in [0.3, 0.4) is 0 Å². The SMILES string of the molecule is CC(C)(C)[C](=O)[Zr][C](=O)C(C)(C)C.[Zr]. The molecule has 0 N–H and O–H groups in total. The van der Waals surface area contributed by atoms with Crippen LogP contribution in [0.1, 0.15) is 41.5 Å². The minimum atomic E-state index is -1.51. The van der Waals surface area contributed by atoms with Gasteiger partial charge in [-0.05, 0) is 0 Å². The predicted octanol–water partition coefficient (Wildman–Crippen LogP) is 2.21. The molecule has 0 spiro atoms. The van der Waals surface area contributed by atoms with Gasteiger partial charge in [-0.1, -0.05) is 0 Å². The van der Waals surface area contributed by atoms with Gasteiger partial charge in [-0.15, -0.1) is 0 Å².